The van der Waals surface area contributed by atoms with E-state index in [4.69, 9.17) is 4.42 Å². The van der Waals surface area contributed by atoms with Gasteiger partial charge in [-0.15, -0.1) is 0 Å². The van der Waals surface area contributed by atoms with Gasteiger partial charge in [0, 0.05) is 18.0 Å². The van der Waals surface area contributed by atoms with Gasteiger partial charge < -0.3 is 4.42 Å². The number of aryl methyl sites for hydroxylation is 1. The maximum Gasteiger partial charge on any atom is 0.336 e. The van der Waals surface area contributed by atoms with Crippen LogP contribution in [0, 0.1) is 0 Å². The molecule has 0 radical (unpaired) electrons. The van der Waals surface area contributed by atoms with Crippen molar-refractivity contribution >= 4 is 11.0 Å². The third kappa shape index (κ3) is 3.35. The minimum Gasteiger partial charge on any atom is -0.423 e. The van der Waals surface area contributed by atoms with Crippen LogP contribution in [-0.2, 0) is 13.0 Å². The standard InChI is InChI=1S/C18H23NO2/c1-2-14-7-8-17-16(11-14)15(12-18(20)21-17)13-19-9-5-3-4-6-10-19/h7-8,11-12H,2-6,9-10,13H2,1H3. The fourth-order valence-electron chi connectivity index (χ4n) is 3.16. The van der Waals surface area contributed by atoms with Gasteiger partial charge in [0.1, 0.15) is 5.58 Å². The number of likely N-dealkylation sites (tertiary alicyclic amines) is 1. The Bertz CT molecular complexity index is 666. The van der Waals surface area contributed by atoms with E-state index in [9.17, 15) is 4.79 Å². The molecule has 1 aliphatic heterocycles. The molecule has 0 aliphatic carbocycles. The SMILES string of the molecule is CCc1ccc2oc(=O)cc(CN3CCCCCC3)c2c1. The van der Waals surface area contributed by atoms with Crippen molar-refractivity contribution in [3.05, 3.63) is 45.8 Å². The Morgan fingerprint density at radius 3 is 2.57 bits per heavy atom. The first-order chi connectivity index (χ1) is 10.3. The van der Waals surface area contributed by atoms with Crippen molar-refractivity contribution in [2.75, 3.05) is 13.1 Å². The van der Waals surface area contributed by atoms with E-state index in [0.717, 1.165) is 37.0 Å². The lowest BCUT2D eigenvalue weighted by Gasteiger charge is -2.20. The lowest BCUT2D eigenvalue weighted by Crippen LogP contribution is -2.24. The molecule has 1 fully saturated rings. The van der Waals surface area contributed by atoms with Gasteiger partial charge in [-0.2, -0.15) is 0 Å². The van der Waals surface area contributed by atoms with E-state index in [1.807, 2.05) is 12.1 Å². The molecule has 1 aromatic heterocycles. The highest BCUT2D eigenvalue weighted by Crippen LogP contribution is 2.22. The molecule has 112 valence electrons. The molecular formula is C18H23NO2. The maximum atomic E-state index is 11.8. The Morgan fingerprint density at radius 1 is 1.10 bits per heavy atom. The lowest BCUT2D eigenvalue weighted by molar-refractivity contribution is 0.277. The number of benzene rings is 1. The predicted octanol–water partition coefficient (Wildman–Crippen LogP) is 3.73. The minimum atomic E-state index is -0.239. The highest BCUT2D eigenvalue weighted by molar-refractivity contribution is 5.80. The predicted molar refractivity (Wildman–Crippen MR) is 85.6 cm³/mol. The molecule has 0 atom stereocenters. The molecule has 0 saturated carbocycles. The summed E-state index contributed by atoms with van der Waals surface area (Å²) >= 11 is 0. The second-order valence-electron chi connectivity index (χ2n) is 5.97. The first-order valence-electron chi connectivity index (χ1n) is 8.04. The molecule has 0 N–H and O–H groups in total. The third-order valence-electron chi connectivity index (χ3n) is 4.39. The summed E-state index contributed by atoms with van der Waals surface area (Å²) in [6.45, 7) is 5.27. The van der Waals surface area contributed by atoms with Gasteiger partial charge >= 0.3 is 5.63 Å². The van der Waals surface area contributed by atoms with Gasteiger partial charge in [0.15, 0.2) is 0 Å². The average molecular weight is 285 g/mol. The van der Waals surface area contributed by atoms with Gasteiger partial charge in [0.05, 0.1) is 0 Å². The second kappa shape index (κ2) is 6.44. The van der Waals surface area contributed by atoms with Crippen LogP contribution >= 0.6 is 0 Å². The summed E-state index contributed by atoms with van der Waals surface area (Å²) in [6.07, 6.45) is 6.18. The van der Waals surface area contributed by atoms with Crippen LogP contribution in [0.2, 0.25) is 0 Å². The summed E-state index contributed by atoms with van der Waals surface area (Å²) in [5, 5.41) is 1.10. The molecular weight excluding hydrogens is 262 g/mol. The van der Waals surface area contributed by atoms with Crippen molar-refractivity contribution in [3.8, 4) is 0 Å². The molecule has 0 amide bonds. The first kappa shape index (κ1) is 14.3. The van der Waals surface area contributed by atoms with E-state index in [-0.39, 0.29) is 5.63 Å². The molecule has 3 heteroatoms. The summed E-state index contributed by atoms with van der Waals surface area (Å²) in [5.74, 6) is 0. The monoisotopic (exact) mass is 285 g/mol. The quantitative estimate of drug-likeness (QED) is 0.806. The molecule has 1 aliphatic rings. The Balaban J connectivity index is 1.97. The number of hydrogen-bond donors (Lipinski definition) is 0. The number of nitrogens with zero attached hydrogens (tertiary/aromatic N) is 1. The summed E-state index contributed by atoms with van der Waals surface area (Å²) in [5.41, 5.74) is 2.87. The van der Waals surface area contributed by atoms with Crippen molar-refractivity contribution in [1.82, 2.24) is 4.90 Å². The lowest BCUT2D eigenvalue weighted by atomic mass is 10.1. The summed E-state index contributed by atoms with van der Waals surface area (Å²) in [7, 11) is 0. The molecule has 2 aromatic rings. The van der Waals surface area contributed by atoms with E-state index in [0.29, 0.717) is 5.58 Å². The maximum absolute atomic E-state index is 11.8. The summed E-state index contributed by atoms with van der Waals surface area (Å²) in [4.78, 5) is 14.3. The molecule has 21 heavy (non-hydrogen) atoms. The summed E-state index contributed by atoms with van der Waals surface area (Å²) < 4.78 is 5.34. The third-order valence-corrected chi connectivity index (χ3v) is 4.39. The van der Waals surface area contributed by atoms with Crippen molar-refractivity contribution < 1.29 is 4.42 Å². The van der Waals surface area contributed by atoms with Crippen molar-refractivity contribution in [2.45, 2.75) is 45.6 Å². The van der Waals surface area contributed by atoms with Crippen LogP contribution in [0.3, 0.4) is 0 Å². The zero-order valence-corrected chi connectivity index (χ0v) is 12.7. The molecule has 2 heterocycles. The molecule has 0 spiro atoms. The van der Waals surface area contributed by atoms with E-state index < -0.39 is 0 Å². The van der Waals surface area contributed by atoms with Gasteiger partial charge in [-0.05, 0) is 55.6 Å². The number of fused-ring (bicyclic) bond motifs is 1. The molecule has 1 aromatic carbocycles. The van der Waals surface area contributed by atoms with E-state index in [1.54, 1.807) is 6.07 Å². The number of rotatable bonds is 3. The summed E-state index contributed by atoms with van der Waals surface area (Å²) in [6, 6.07) is 7.82. The molecule has 0 bridgehead atoms. The van der Waals surface area contributed by atoms with Gasteiger partial charge in [-0.3, -0.25) is 4.90 Å². The Hall–Kier alpha value is -1.61. The van der Waals surface area contributed by atoms with E-state index >= 15 is 0 Å². The second-order valence-corrected chi connectivity index (χ2v) is 5.97. The fourth-order valence-corrected chi connectivity index (χ4v) is 3.16. The average Bonchev–Trinajstić information content (AvgIpc) is 2.75. The van der Waals surface area contributed by atoms with Crippen LogP contribution in [0.1, 0.15) is 43.7 Å². The normalized spacial score (nSPS) is 17.0. The largest absolute Gasteiger partial charge is 0.423 e. The Labute approximate surface area is 125 Å². The zero-order valence-electron chi connectivity index (χ0n) is 12.7. The van der Waals surface area contributed by atoms with Gasteiger partial charge in [0.25, 0.3) is 0 Å². The fraction of sp³-hybridized carbons (Fsp3) is 0.500. The van der Waals surface area contributed by atoms with Gasteiger partial charge in [0.2, 0.25) is 0 Å². The van der Waals surface area contributed by atoms with Crippen molar-refractivity contribution in [2.24, 2.45) is 0 Å². The van der Waals surface area contributed by atoms with Crippen LogP contribution in [0.25, 0.3) is 11.0 Å². The molecule has 1 saturated heterocycles. The Kier molecular flexibility index (Phi) is 4.39. The Morgan fingerprint density at radius 2 is 1.86 bits per heavy atom. The van der Waals surface area contributed by atoms with Crippen LogP contribution in [0.15, 0.2) is 33.5 Å². The number of hydrogen-bond acceptors (Lipinski definition) is 3. The smallest absolute Gasteiger partial charge is 0.336 e. The molecule has 0 unspecified atom stereocenters. The minimum absolute atomic E-state index is 0.239. The first-order valence-corrected chi connectivity index (χ1v) is 8.04. The van der Waals surface area contributed by atoms with Crippen LogP contribution in [0.5, 0.6) is 0 Å². The van der Waals surface area contributed by atoms with Crippen molar-refractivity contribution in [3.63, 3.8) is 0 Å². The van der Waals surface area contributed by atoms with Crippen LogP contribution in [0.4, 0.5) is 0 Å². The van der Waals surface area contributed by atoms with E-state index in [1.165, 1.54) is 31.2 Å². The highest BCUT2D eigenvalue weighted by Gasteiger charge is 2.13. The van der Waals surface area contributed by atoms with Crippen LogP contribution in [-0.4, -0.2) is 18.0 Å². The molecule has 3 rings (SSSR count). The van der Waals surface area contributed by atoms with Gasteiger partial charge in [-0.25, -0.2) is 4.79 Å². The zero-order chi connectivity index (χ0) is 14.7. The molecule has 3 nitrogen and oxygen atoms in total. The topological polar surface area (TPSA) is 33.5 Å². The van der Waals surface area contributed by atoms with Gasteiger partial charge in [-0.1, -0.05) is 25.8 Å². The highest BCUT2D eigenvalue weighted by atomic mass is 16.4. The van der Waals surface area contributed by atoms with E-state index in [2.05, 4.69) is 17.9 Å². The van der Waals surface area contributed by atoms with Crippen LogP contribution < -0.4 is 5.63 Å². The van der Waals surface area contributed by atoms with Crippen molar-refractivity contribution in [1.29, 1.82) is 0 Å².